The number of aliphatic imine (C=N–C) groups is 1. The summed E-state index contributed by atoms with van der Waals surface area (Å²) in [4.78, 5) is 9.31. The summed E-state index contributed by atoms with van der Waals surface area (Å²) in [6.45, 7) is 8.65. The molecule has 0 saturated carbocycles. The lowest BCUT2D eigenvalue weighted by molar-refractivity contribution is 0.793. The fraction of sp³-hybridized carbons (Fsp3) is 0.381. The van der Waals surface area contributed by atoms with E-state index >= 15 is 0 Å². The van der Waals surface area contributed by atoms with Crippen molar-refractivity contribution >= 4 is 41.3 Å². The third-order valence-corrected chi connectivity index (χ3v) is 5.41. The molecule has 2 aromatic heterocycles. The SMILES string of the molecule is CCNC(=NCc1csc(C(C)C)n1)NCCc1ccc(-n2cccn2)cc1.I. The highest BCUT2D eigenvalue weighted by molar-refractivity contribution is 14.0. The van der Waals surface area contributed by atoms with Gasteiger partial charge in [-0.2, -0.15) is 5.10 Å². The van der Waals surface area contributed by atoms with E-state index in [1.807, 2.05) is 16.9 Å². The molecule has 0 bridgehead atoms. The van der Waals surface area contributed by atoms with Crippen molar-refractivity contribution in [3.8, 4) is 5.69 Å². The maximum absolute atomic E-state index is 4.66. The van der Waals surface area contributed by atoms with Gasteiger partial charge in [-0.1, -0.05) is 26.0 Å². The summed E-state index contributed by atoms with van der Waals surface area (Å²) in [5, 5.41) is 14.2. The Balaban J connectivity index is 0.00000300. The standard InChI is InChI=1S/C21H28N6S.HI/c1-4-22-21(24-14-18-15-28-20(26-18)16(2)3)23-12-10-17-6-8-19(9-7-17)27-13-5-11-25-27;/h5-9,11,13,15-16H,4,10,12,14H2,1-3H3,(H2,22,23,24);1H. The van der Waals surface area contributed by atoms with Crippen molar-refractivity contribution in [3.05, 3.63) is 64.4 Å². The summed E-state index contributed by atoms with van der Waals surface area (Å²) >= 11 is 1.71. The molecule has 2 heterocycles. The first-order valence-corrected chi connectivity index (χ1v) is 10.6. The maximum atomic E-state index is 4.66. The third kappa shape index (κ3) is 7.11. The second-order valence-corrected chi connectivity index (χ2v) is 7.71. The molecule has 0 aliphatic carbocycles. The van der Waals surface area contributed by atoms with Crippen LogP contribution in [0, 0.1) is 0 Å². The van der Waals surface area contributed by atoms with Crippen LogP contribution in [0.5, 0.6) is 0 Å². The van der Waals surface area contributed by atoms with Crippen LogP contribution in [0.1, 0.15) is 43.0 Å². The average Bonchev–Trinajstić information content (AvgIpc) is 3.39. The quantitative estimate of drug-likeness (QED) is 0.261. The summed E-state index contributed by atoms with van der Waals surface area (Å²) < 4.78 is 1.86. The largest absolute Gasteiger partial charge is 0.357 e. The Morgan fingerprint density at radius 2 is 2.00 bits per heavy atom. The maximum Gasteiger partial charge on any atom is 0.191 e. The molecular formula is C21H29IN6S. The van der Waals surface area contributed by atoms with Gasteiger partial charge in [-0.15, -0.1) is 35.3 Å². The molecule has 0 unspecified atom stereocenters. The molecule has 1 aromatic carbocycles. The molecule has 0 radical (unpaired) electrons. The number of hydrogen-bond donors (Lipinski definition) is 2. The Hall–Kier alpha value is -1.94. The molecule has 0 aliphatic rings. The number of guanidine groups is 1. The summed E-state index contributed by atoms with van der Waals surface area (Å²) in [5.41, 5.74) is 3.38. The molecule has 156 valence electrons. The van der Waals surface area contributed by atoms with Gasteiger partial charge in [0.1, 0.15) is 0 Å². The lowest BCUT2D eigenvalue weighted by Crippen LogP contribution is -2.38. The van der Waals surface area contributed by atoms with Crippen LogP contribution >= 0.6 is 35.3 Å². The van der Waals surface area contributed by atoms with E-state index in [0.29, 0.717) is 12.5 Å². The van der Waals surface area contributed by atoms with Gasteiger partial charge >= 0.3 is 0 Å². The van der Waals surface area contributed by atoms with Crippen molar-refractivity contribution in [2.45, 2.75) is 39.7 Å². The number of nitrogens with zero attached hydrogens (tertiary/aromatic N) is 4. The number of halogens is 1. The lowest BCUT2D eigenvalue weighted by Gasteiger charge is -2.11. The van der Waals surface area contributed by atoms with Crippen molar-refractivity contribution in [2.24, 2.45) is 4.99 Å². The van der Waals surface area contributed by atoms with Crippen LogP contribution in [-0.4, -0.2) is 33.8 Å². The molecule has 0 amide bonds. The monoisotopic (exact) mass is 524 g/mol. The molecule has 0 spiro atoms. The minimum Gasteiger partial charge on any atom is -0.357 e. The van der Waals surface area contributed by atoms with Crippen molar-refractivity contribution < 1.29 is 0 Å². The number of hydrogen-bond acceptors (Lipinski definition) is 4. The van der Waals surface area contributed by atoms with Crippen LogP contribution in [0.3, 0.4) is 0 Å². The Bertz CT molecular complexity index is 871. The van der Waals surface area contributed by atoms with E-state index < -0.39 is 0 Å². The Kier molecular flexibility index (Phi) is 9.59. The van der Waals surface area contributed by atoms with Gasteiger partial charge in [0.15, 0.2) is 5.96 Å². The molecule has 0 aliphatic heterocycles. The van der Waals surface area contributed by atoms with Crippen LogP contribution in [0.4, 0.5) is 0 Å². The van der Waals surface area contributed by atoms with Crippen LogP contribution in [0.15, 0.2) is 53.1 Å². The third-order valence-electron chi connectivity index (χ3n) is 4.22. The van der Waals surface area contributed by atoms with Gasteiger partial charge in [0.2, 0.25) is 0 Å². The van der Waals surface area contributed by atoms with E-state index in [-0.39, 0.29) is 24.0 Å². The molecular weight excluding hydrogens is 495 g/mol. The number of nitrogens with one attached hydrogen (secondary N) is 2. The van der Waals surface area contributed by atoms with E-state index in [9.17, 15) is 0 Å². The van der Waals surface area contributed by atoms with Crippen LogP contribution in [-0.2, 0) is 13.0 Å². The van der Waals surface area contributed by atoms with Crippen LogP contribution in [0.25, 0.3) is 5.69 Å². The number of thiazole rings is 1. The molecule has 6 nitrogen and oxygen atoms in total. The zero-order valence-corrected chi connectivity index (χ0v) is 20.3. The molecule has 29 heavy (non-hydrogen) atoms. The minimum atomic E-state index is 0. The van der Waals surface area contributed by atoms with E-state index in [1.165, 1.54) is 10.6 Å². The van der Waals surface area contributed by atoms with Crippen molar-refractivity contribution in [2.75, 3.05) is 13.1 Å². The van der Waals surface area contributed by atoms with Gasteiger partial charge in [0.25, 0.3) is 0 Å². The van der Waals surface area contributed by atoms with Gasteiger partial charge in [0, 0.05) is 36.8 Å². The first-order chi connectivity index (χ1) is 13.7. The first-order valence-electron chi connectivity index (χ1n) is 9.71. The molecule has 3 aromatic rings. The fourth-order valence-electron chi connectivity index (χ4n) is 2.72. The highest BCUT2D eigenvalue weighted by atomic mass is 127. The highest BCUT2D eigenvalue weighted by Gasteiger charge is 2.06. The Labute approximate surface area is 193 Å². The molecule has 8 heteroatoms. The van der Waals surface area contributed by atoms with Gasteiger partial charge in [-0.25, -0.2) is 14.7 Å². The van der Waals surface area contributed by atoms with E-state index in [1.54, 1.807) is 17.5 Å². The molecule has 0 saturated heterocycles. The van der Waals surface area contributed by atoms with Crippen molar-refractivity contribution in [3.63, 3.8) is 0 Å². The predicted molar refractivity (Wildman–Crippen MR) is 132 cm³/mol. The minimum absolute atomic E-state index is 0. The second-order valence-electron chi connectivity index (χ2n) is 6.82. The topological polar surface area (TPSA) is 67.1 Å². The molecule has 3 rings (SSSR count). The molecule has 0 fully saturated rings. The molecule has 0 atom stereocenters. The van der Waals surface area contributed by atoms with Gasteiger partial charge < -0.3 is 10.6 Å². The summed E-state index contributed by atoms with van der Waals surface area (Å²) in [6, 6.07) is 10.4. The van der Waals surface area contributed by atoms with Crippen molar-refractivity contribution in [1.82, 2.24) is 25.4 Å². The Morgan fingerprint density at radius 3 is 2.62 bits per heavy atom. The number of benzene rings is 1. The zero-order chi connectivity index (χ0) is 19.8. The van der Waals surface area contributed by atoms with E-state index in [4.69, 9.17) is 0 Å². The predicted octanol–water partition coefficient (Wildman–Crippen LogP) is 4.37. The number of rotatable bonds is 8. The van der Waals surface area contributed by atoms with Crippen molar-refractivity contribution in [1.29, 1.82) is 0 Å². The van der Waals surface area contributed by atoms with Gasteiger partial charge in [0.05, 0.1) is 22.9 Å². The second kappa shape index (κ2) is 11.9. The van der Waals surface area contributed by atoms with E-state index in [2.05, 4.69) is 76.1 Å². The van der Waals surface area contributed by atoms with Crippen LogP contribution in [0.2, 0.25) is 0 Å². The first kappa shape index (κ1) is 23.3. The summed E-state index contributed by atoms with van der Waals surface area (Å²) in [5.74, 6) is 1.29. The fourth-order valence-corrected chi connectivity index (χ4v) is 3.55. The normalized spacial score (nSPS) is 11.4. The average molecular weight is 524 g/mol. The summed E-state index contributed by atoms with van der Waals surface area (Å²) in [6.07, 6.45) is 4.66. The van der Waals surface area contributed by atoms with Gasteiger partial charge in [-0.05, 0) is 37.1 Å². The summed E-state index contributed by atoms with van der Waals surface area (Å²) in [7, 11) is 0. The van der Waals surface area contributed by atoms with Gasteiger partial charge in [-0.3, -0.25) is 0 Å². The zero-order valence-electron chi connectivity index (χ0n) is 17.1. The lowest BCUT2D eigenvalue weighted by atomic mass is 10.1. The van der Waals surface area contributed by atoms with E-state index in [0.717, 1.165) is 36.9 Å². The number of aromatic nitrogens is 3. The highest BCUT2D eigenvalue weighted by Crippen LogP contribution is 2.19. The van der Waals surface area contributed by atoms with Crippen LogP contribution < -0.4 is 10.6 Å². The Morgan fingerprint density at radius 1 is 1.21 bits per heavy atom. The smallest absolute Gasteiger partial charge is 0.191 e. The molecule has 2 N–H and O–H groups in total.